The molecule has 3 heteroatoms. The van der Waals surface area contributed by atoms with Gasteiger partial charge in [-0.1, -0.05) is 31.2 Å². The van der Waals surface area contributed by atoms with Crippen LogP contribution < -0.4 is 5.32 Å². The van der Waals surface area contributed by atoms with Crippen LogP contribution in [-0.4, -0.2) is 48.6 Å². The number of rotatable bonds is 6. The molecule has 1 heterocycles. The highest BCUT2D eigenvalue weighted by molar-refractivity contribution is 7.99. The monoisotopic (exact) mass is 304 g/mol. The van der Waals surface area contributed by atoms with Crippen molar-refractivity contribution in [1.29, 1.82) is 0 Å². The Bertz CT molecular complexity index is 462. The Labute approximate surface area is 133 Å². The Hall–Kier alpha value is -0.510. The maximum atomic E-state index is 3.84. The van der Waals surface area contributed by atoms with Gasteiger partial charge in [-0.15, -0.1) is 0 Å². The molecule has 21 heavy (non-hydrogen) atoms. The summed E-state index contributed by atoms with van der Waals surface area (Å²) in [7, 11) is 2.31. The van der Waals surface area contributed by atoms with Crippen molar-refractivity contribution in [2.45, 2.75) is 44.2 Å². The number of likely N-dealkylation sites (N-methyl/N-ethyl adjacent to an activating group) is 1. The first kappa shape index (κ1) is 15.4. The van der Waals surface area contributed by atoms with E-state index in [1.807, 2.05) is 0 Å². The largest absolute Gasteiger partial charge is 0.312 e. The van der Waals surface area contributed by atoms with Gasteiger partial charge >= 0.3 is 0 Å². The average molecular weight is 305 g/mol. The first-order chi connectivity index (χ1) is 10.3. The van der Waals surface area contributed by atoms with Crippen molar-refractivity contribution >= 4 is 11.8 Å². The number of nitrogens with zero attached hydrogens (tertiary/aromatic N) is 1. The van der Waals surface area contributed by atoms with Crippen molar-refractivity contribution in [2.24, 2.45) is 0 Å². The standard InChI is InChI=1S/C18H28N2S/c1-3-8-19-17(18-13-21-10-9-20(18)2)12-15-11-14-6-4-5-7-16(14)15/h4-7,15,17-19H,3,8-13H2,1-2H3. The van der Waals surface area contributed by atoms with Gasteiger partial charge in [0.25, 0.3) is 0 Å². The highest BCUT2D eigenvalue weighted by Gasteiger charge is 2.33. The average Bonchev–Trinajstić information content (AvgIpc) is 2.49. The lowest BCUT2D eigenvalue weighted by Crippen LogP contribution is -2.53. The maximum Gasteiger partial charge on any atom is 0.0337 e. The van der Waals surface area contributed by atoms with Crippen LogP contribution in [0.4, 0.5) is 0 Å². The van der Waals surface area contributed by atoms with E-state index in [0.29, 0.717) is 12.1 Å². The minimum Gasteiger partial charge on any atom is -0.312 e. The first-order valence-corrected chi connectivity index (χ1v) is 9.54. The molecule has 1 N–H and O–H groups in total. The van der Waals surface area contributed by atoms with Crippen molar-refractivity contribution < 1.29 is 0 Å². The maximum absolute atomic E-state index is 3.84. The molecule has 0 saturated carbocycles. The summed E-state index contributed by atoms with van der Waals surface area (Å²) in [5, 5.41) is 3.84. The van der Waals surface area contributed by atoms with Crippen molar-refractivity contribution in [3.05, 3.63) is 35.4 Å². The molecule has 3 unspecified atom stereocenters. The lowest BCUT2D eigenvalue weighted by Gasteiger charge is -2.41. The molecule has 0 bridgehead atoms. The Morgan fingerprint density at radius 3 is 3.00 bits per heavy atom. The molecule has 1 aromatic carbocycles. The Balaban J connectivity index is 1.65. The predicted molar refractivity (Wildman–Crippen MR) is 93.3 cm³/mol. The molecule has 1 aliphatic carbocycles. The van der Waals surface area contributed by atoms with E-state index in [1.165, 1.54) is 37.3 Å². The first-order valence-electron chi connectivity index (χ1n) is 8.38. The summed E-state index contributed by atoms with van der Waals surface area (Å²) in [5.41, 5.74) is 3.18. The Morgan fingerprint density at radius 1 is 1.38 bits per heavy atom. The molecule has 1 saturated heterocycles. The smallest absolute Gasteiger partial charge is 0.0337 e. The van der Waals surface area contributed by atoms with Gasteiger partial charge in [0.1, 0.15) is 0 Å². The second kappa shape index (κ2) is 7.17. The van der Waals surface area contributed by atoms with Gasteiger partial charge in [0.15, 0.2) is 0 Å². The van der Waals surface area contributed by atoms with Crippen LogP contribution in [0.15, 0.2) is 24.3 Å². The molecule has 116 valence electrons. The van der Waals surface area contributed by atoms with Gasteiger partial charge in [0, 0.05) is 30.1 Å². The highest BCUT2D eigenvalue weighted by atomic mass is 32.2. The number of hydrogen-bond acceptors (Lipinski definition) is 3. The van der Waals surface area contributed by atoms with Crippen LogP contribution in [0.5, 0.6) is 0 Å². The van der Waals surface area contributed by atoms with E-state index in [0.717, 1.165) is 12.5 Å². The van der Waals surface area contributed by atoms with Crippen LogP contribution in [0.25, 0.3) is 0 Å². The van der Waals surface area contributed by atoms with Crippen molar-refractivity contribution in [1.82, 2.24) is 10.2 Å². The molecule has 0 radical (unpaired) electrons. The van der Waals surface area contributed by atoms with Crippen LogP contribution in [0, 0.1) is 0 Å². The zero-order chi connectivity index (χ0) is 14.7. The molecule has 2 nitrogen and oxygen atoms in total. The summed E-state index contributed by atoms with van der Waals surface area (Å²) < 4.78 is 0. The van der Waals surface area contributed by atoms with Crippen LogP contribution in [0.3, 0.4) is 0 Å². The van der Waals surface area contributed by atoms with Crippen molar-refractivity contribution in [2.75, 3.05) is 31.6 Å². The number of hydrogen-bond donors (Lipinski definition) is 1. The molecule has 1 aromatic rings. The molecule has 3 rings (SSSR count). The predicted octanol–water partition coefficient (Wildman–Crippen LogP) is 3.13. The number of nitrogens with one attached hydrogen (secondary N) is 1. The van der Waals surface area contributed by atoms with Gasteiger partial charge < -0.3 is 10.2 Å². The number of fused-ring (bicyclic) bond motifs is 1. The molecule has 0 spiro atoms. The van der Waals surface area contributed by atoms with Gasteiger partial charge in [0.2, 0.25) is 0 Å². The second-order valence-corrected chi connectivity index (χ2v) is 7.67. The minimum absolute atomic E-state index is 0.640. The summed E-state index contributed by atoms with van der Waals surface area (Å²) in [6, 6.07) is 10.3. The third kappa shape index (κ3) is 3.46. The normalized spacial score (nSPS) is 27.0. The number of thioether (sulfide) groups is 1. The summed E-state index contributed by atoms with van der Waals surface area (Å²) in [5.74, 6) is 3.35. The summed E-state index contributed by atoms with van der Waals surface area (Å²) in [4.78, 5) is 2.58. The molecule has 1 fully saturated rings. The molecular formula is C18H28N2S. The Morgan fingerprint density at radius 2 is 2.24 bits per heavy atom. The van der Waals surface area contributed by atoms with E-state index in [9.17, 15) is 0 Å². The Kier molecular flexibility index (Phi) is 5.25. The van der Waals surface area contributed by atoms with Crippen molar-refractivity contribution in [3.63, 3.8) is 0 Å². The third-order valence-corrected chi connectivity index (χ3v) is 6.11. The van der Waals surface area contributed by atoms with Crippen LogP contribution >= 0.6 is 11.8 Å². The van der Waals surface area contributed by atoms with E-state index in [4.69, 9.17) is 0 Å². The van der Waals surface area contributed by atoms with Crippen molar-refractivity contribution in [3.8, 4) is 0 Å². The molecule has 2 aliphatic rings. The van der Waals surface area contributed by atoms with Crippen LogP contribution in [-0.2, 0) is 6.42 Å². The molecule has 0 amide bonds. The highest BCUT2D eigenvalue weighted by Crippen LogP contribution is 2.39. The van der Waals surface area contributed by atoms with Gasteiger partial charge in [-0.3, -0.25) is 0 Å². The zero-order valence-corrected chi connectivity index (χ0v) is 14.2. The van der Waals surface area contributed by atoms with E-state index < -0.39 is 0 Å². The molecular weight excluding hydrogens is 276 g/mol. The third-order valence-electron chi connectivity index (χ3n) is 5.06. The summed E-state index contributed by atoms with van der Waals surface area (Å²) in [6.45, 7) is 4.65. The molecule has 0 aromatic heterocycles. The number of benzene rings is 1. The van der Waals surface area contributed by atoms with E-state index in [1.54, 1.807) is 11.1 Å². The second-order valence-electron chi connectivity index (χ2n) is 6.52. The van der Waals surface area contributed by atoms with Gasteiger partial charge in [-0.05, 0) is 49.9 Å². The summed E-state index contributed by atoms with van der Waals surface area (Å²) in [6.07, 6.45) is 3.80. The quantitative estimate of drug-likeness (QED) is 0.869. The van der Waals surface area contributed by atoms with Crippen LogP contribution in [0.1, 0.15) is 36.8 Å². The summed E-state index contributed by atoms with van der Waals surface area (Å²) >= 11 is 2.13. The van der Waals surface area contributed by atoms with Gasteiger partial charge in [0.05, 0.1) is 0 Å². The zero-order valence-electron chi connectivity index (χ0n) is 13.3. The fraction of sp³-hybridized carbons (Fsp3) is 0.667. The van der Waals surface area contributed by atoms with E-state index >= 15 is 0 Å². The van der Waals surface area contributed by atoms with E-state index in [-0.39, 0.29) is 0 Å². The molecule has 3 atom stereocenters. The lowest BCUT2D eigenvalue weighted by molar-refractivity contribution is 0.199. The fourth-order valence-electron chi connectivity index (χ4n) is 3.71. The van der Waals surface area contributed by atoms with Gasteiger partial charge in [-0.2, -0.15) is 11.8 Å². The minimum atomic E-state index is 0.640. The van der Waals surface area contributed by atoms with Gasteiger partial charge in [-0.25, -0.2) is 0 Å². The molecule has 1 aliphatic heterocycles. The fourth-order valence-corrected chi connectivity index (χ4v) is 5.03. The SMILES string of the molecule is CCCNC(CC1Cc2ccccc21)C1CSCCN1C. The lowest BCUT2D eigenvalue weighted by atomic mass is 9.73. The topological polar surface area (TPSA) is 15.3 Å². The van der Waals surface area contributed by atoms with E-state index in [2.05, 4.69) is 60.2 Å². The van der Waals surface area contributed by atoms with Crippen LogP contribution in [0.2, 0.25) is 0 Å².